The second kappa shape index (κ2) is 9.18. The van der Waals surface area contributed by atoms with Crippen molar-refractivity contribution in [2.45, 2.75) is 12.5 Å². The van der Waals surface area contributed by atoms with Crippen LogP contribution in [-0.2, 0) is 0 Å². The second-order valence-electron chi connectivity index (χ2n) is 8.46. The number of anilines is 1. The average Bonchev–Trinajstić information content (AvgIpc) is 3.55. The summed E-state index contributed by atoms with van der Waals surface area (Å²) in [6, 6.07) is 12.9. The van der Waals surface area contributed by atoms with Crippen molar-refractivity contribution < 1.29 is 9.13 Å². The summed E-state index contributed by atoms with van der Waals surface area (Å²) < 4.78 is 21.6. The average molecular weight is 460 g/mol. The minimum Gasteiger partial charge on any atom is -0.496 e. The van der Waals surface area contributed by atoms with Crippen molar-refractivity contribution in [3.8, 4) is 34.2 Å². The first kappa shape index (κ1) is 22.0. The summed E-state index contributed by atoms with van der Waals surface area (Å²) in [7, 11) is 5.73. The Balaban J connectivity index is 1.42. The van der Waals surface area contributed by atoms with E-state index in [0.717, 1.165) is 36.7 Å². The standard InChI is InChI=1S/C25H26FN7O/c1-31(2)18-11-13-32(16-18)22-8-5-9-23(30-22)33-15-17(14-28-33)20-10-12-27-25(29-20)24-19(26)6-4-7-21(24)34-3/h4-10,12,14-15,18H,11,13,16H2,1-3H3/t18-/m1/s1. The van der Waals surface area contributed by atoms with Crippen LogP contribution >= 0.6 is 0 Å². The molecular weight excluding hydrogens is 433 g/mol. The Labute approximate surface area is 197 Å². The molecule has 3 aromatic heterocycles. The lowest BCUT2D eigenvalue weighted by Crippen LogP contribution is -2.31. The summed E-state index contributed by atoms with van der Waals surface area (Å²) in [5.74, 6) is 1.86. The van der Waals surface area contributed by atoms with Gasteiger partial charge in [-0.3, -0.25) is 0 Å². The summed E-state index contributed by atoms with van der Waals surface area (Å²) in [5.41, 5.74) is 1.64. The summed E-state index contributed by atoms with van der Waals surface area (Å²) >= 11 is 0. The number of halogens is 1. The van der Waals surface area contributed by atoms with E-state index < -0.39 is 5.82 Å². The molecule has 4 heterocycles. The minimum atomic E-state index is -0.438. The van der Waals surface area contributed by atoms with Crippen molar-refractivity contribution in [3.63, 3.8) is 0 Å². The van der Waals surface area contributed by atoms with Crippen molar-refractivity contribution in [1.29, 1.82) is 0 Å². The zero-order chi connectivity index (χ0) is 23.7. The first-order valence-corrected chi connectivity index (χ1v) is 11.1. The maximum atomic E-state index is 14.5. The van der Waals surface area contributed by atoms with Gasteiger partial charge in [-0.2, -0.15) is 5.10 Å². The third-order valence-corrected chi connectivity index (χ3v) is 6.12. The van der Waals surface area contributed by atoms with Gasteiger partial charge in [-0.1, -0.05) is 12.1 Å². The van der Waals surface area contributed by atoms with Gasteiger partial charge in [-0.15, -0.1) is 0 Å². The highest BCUT2D eigenvalue weighted by atomic mass is 19.1. The molecule has 0 radical (unpaired) electrons. The van der Waals surface area contributed by atoms with E-state index in [1.807, 2.05) is 24.4 Å². The predicted molar refractivity (Wildman–Crippen MR) is 129 cm³/mol. The van der Waals surface area contributed by atoms with E-state index in [1.54, 1.807) is 35.3 Å². The van der Waals surface area contributed by atoms with Crippen molar-refractivity contribution in [2.75, 3.05) is 39.2 Å². The minimum absolute atomic E-state index is 0.232. The molecule has 1 saturated heterocycles. The Bertz CT molecular complexity index is 1310. The molecule has 0 spiro atoms. The molecule has 8 nitrogen and oxygen atoms in total. The molecule has 0 bridgehead atoms. The van der Waals surface area contributed by atoms with Crippen LogP contribution in [0.5, 0.6) is 5.75 Å². The van der Waals surface area contributed by atoms with Crippen LogP contribution in [0.25, 0.3) is 28.5 Å². The first-order chi connectivity index (χ1) is 16.5. The van der Waals surface area contributed by atoms with E-state index in [1.165, 1.54) is 13.2 Å². The van der Waals surface area contributed by atoms with Crippen LogP contribution in [0.1, 0.15) is 6.42 Å². The molecule has 174 valence electrons. The molecule has 0 saturated carbocycles. The molecule has 1 atom stereocenters. The summed E-state index contributed by atoms with van der Waals surface area (Å²) in [6.45, 7) is 1.93. The van der Waals surface area contributed by atoms with Crippen molar-refractivity contribution in [2.24, 2.45) is 0 Å². The third-order valence-electron chi connectivity index (χ3n) is 6.12. The van der Waals surface area contributed by atoms with Gasteiger partial charge in [-0.05, 0) is 50.8 Å². The molecule has 1 aliphatic rings. The number of ether oxygens (including phenoxy) is 1. The topological polar surface area (TPSA) is 72.2 Å². The van der Waals surface area contributed by atoms with Gasteiger partial charge in [0.2, 0.25) is 0 Å². The second-order valence-corrected chi connectivity index (χ2v) is 8.46. The van der Waals surface area contributed by atoms with Crippen LogP contribution in [-0.4, -0.2) is 70.0 Å². The molecule has 1 aliphatic heterocycles. The Hall–Kier alpha value is -3.85. The Kier molecular flexibility index (Phi) is 5.93. The summed E-state index contributed by atoms with van der Waals surface area (Å²) in [6.07, 6.45) is 6.31. The highest BCUT2D eigenvalue weighted by Crippen LogP contribution is 2.31. The molecule has 9 heteroatoms. The molecule has 0 unspecified atom stereocenters. The molecular formula is C25H26FN7O. The number of likely N-dealkylation sites (N-methyl/N-ethyl adjacent to an activating group) is 1. The molecule has 0 N–H and O–H groups in total. The van der Waals surface area contributed by atoms with E-state index in [4.69, 9.17) is 9.72 Å². The highest BCUT2D eigenvalue weighted by Gasteiger charge is 2.25. The van der Waals surface area contributed by atoms with Gasteiger partial charge < -0.3 is 14.5 Å². The van der Waals surface area contributed by atoms with Crippen LogP contribution in [0.3, 0.4) is 0 Å². The van der Waals surface area contributed by atoms with Gasteiger partial charge in [-0.25, -0.2) is 24.0 Å². The van der Waals surface area contributed by atoms with Crippen molar-refractivity contribution in [3.05, 3.63) is 66.9 Å². The fourth-order valence-corrected chi connectivity index (χ4v) is 4.20. The number of nitrogens with zero attached hydrogens (tertiary/aromatic N) is 7. The van der Waals surface area contributed by atoms with Gasteiger partial charge in [0.15, 0.2) is 11.6 Å². The molecule has 1 fully saturated rings. The Morgan fingerprint density at radius 3 is 2.68 bits per heavy atom. The van der Waals surface area contributed by atoms with E-state index in [2.05, 4.69) is 39.0 Å². The summed E-state index contributed by atoms with van der Waals surface area (Å²) in [5, 5.41) is 4.50. The number of hydrogen-bond acceptors (Lipinski definition) is 7. The largest absolute Gasteiger partial charge is 0.496 e. The van der Waals surface area contributed by atoms with Crippen LogP contribution in [0.2, 0.25) is 0 Å². The number of hydrogen-bond donors (Lipinski definition) is 0. The lowest BCUT2D eigenvalue weighted by atomic mass is 10.1. The van der Waals surface area contributed by atoms with Crippen LogP contribution < -0.4 is 9.64 Å². The highest BCUT2D eigenvalue weighted by molar-refractivity contribution is 5.68. The zero-order valence-corrected chi connectivity index (χ0v) is 19.4. The zero-order valence-electron chi connectivity index (χ0n) is 19.4. The number of aromatic nitrogens is 5. The normalized spacial score (nSPS) is 15.8. The van der Waals surface area contributed by atoms with Gasteiger partial charge >= 0.3 is 0 Å². The number of benzene rings is 1. The Morgan fingerprint density at radius 2 is 1.88 bits per heavy atom. The van der Waals surface area contributed by atoms with Gasteiger partial charge in [0.1, 0.15) is 17.4 Å². The smallest absolute Gasteiger partial charge is 0.166 e. The predicted octanol–water partition coefficient (Wildman–Crippen LogP) is 3.68. The van der Waals surface area contributed by atoms with Gasteiger partial charge in [0, 0.05) is 37.1 Å². The van der Waals surface area contributed by atoms with Crippen LogP contribution in [0, 0.1) is 5.82 Å². The molecule has 0 amide bonds. The quantitative estimate of drug-likeness (QED) is 0.436. The van der Waals surface area contributed by atoms with E-state index >= 15 is 0 Å². The maximum absolute atomic E-state index is 14.5. The fourth-order valence-electron chi connectivity index (χ4n) is 4.20. The SMILES string of the molecule is COc1cccc(F)c1-c1nccc(-c2cnn(-c3cccc(N4CC[C@@H](N(C)C)C4)n3)c2)n1. The van der Waals surface area contributed by atoms with E-state index in [0.29, 0.717) is 17.5 Å². The van der Waals surface area contributed by atoms with Gasteiger partial charge in [0.25, 0.3) is 0 Å². The lowest BCUT2D eigenvalue weighted by molar-refractivity contribution is 0.315. The van der Waals surface area contributed by atoms with Gasteiger partial charge in [0.05, 0.1) is 24.6 Å². The Morgan fingerprint density at radius 1 is 1.06 bits per heavy atom. The van der Waals surface area contributed by atoms with Crippen LogP contribution in [0.4, 0.5) is 10.2 Å². The number of rotatable bonds is 6. The first-order valence-electron chi connectivity index (χ1n) is 11.1. The molecule has 5 rings (SSSR count). The monoisotopic (exact) mass is 459 g/mol. The summed E-state index contributed by atoms with van der Waals surface area (Å²) in [4.78, 5) is 18.2. The lowest BCUT2D eigenvalue weighted by Gasteiger charge is -2.21. The molecule has 34 heavy (non-hydrogen) atoms. The number of methoxy groups -OCH3 is 1. The fraction of sp³-hybridized carbons (Fsp3) is 0.280. The molecule has 1 aromatic carbocycles. The number of pyridine rings is 1. The molecule has 4 aromatic rings. The maximum Gasteiger partial charge on any atom is 0.166 e. The van der Waals surface area contributed by atoms with E-state index in [9.17, 15) is 4.39 Å². The van der Waals surface area contributed by atoms with E-state index in [-0.39, 0.29) is 11.4 Å². The third kappa shape index (κ3) is 4.22. The molecule has 0 aliphatic carbocycles. The van der Waals surface area contributed by atoms with Crippen molar-refractivity contribution >= 4 is 5.82 Å². The van der Waals surface area contributed by atoms with Crippen LogP contribution in [0.15, 0.2) is 61.1 Å². The van der Waals surface area contributed by atoms with Crippen molar-refractivity contribution in [1.82, 2.24) is 29.6 Å².